The van der Waals surface area contributed by atoms with Crippen LogP contribution in [0.25, 0.3) is 21.7 Å². The normalized spacial score (nSPS) is 11.0. The maximum Gasteiger partial charge on any atom is 0.229 e. The summed E-state index contributed by atoms with van der Waals surface area (Å²) in [7, 11) is 0. The predicted molar refractivity (Wildman–Crippen MR) is 98.9 cm³/mol. The predicted octanol–water partition coefficient (Wildman–Crippen LogP) is 4.87. The van der Waals surface area contributed by atoms with Gasteiger partial charge in [0.25, 0.3) is 0 Å². The number of benzene rings is 3. The van der Waals surface area contributed by atoms with E-state index in [9.17, 15) is 0 Å². The van der Waals surface area contributed by atoms with Gasteiger partial charge in [-0.3, -0.25) is 0 Å². The Morgan fingerprint density at radius 2 is 1.70 bits per heavy atom. The van der Waals surface area contributed by atoms with Crippen LogP contribution in [0, 0.1) is 0 Å². The van der Waals surface area contributed by atoms with Crippen molar-refractivity contribution >= 4 is 55.1 Å². The molecule has 112 valence electrons. The standard InChI is InChI=1S/C18H13BrN4/c19-13-6-8-16-15(10-13)17(20)23-18(22-16)21-14-7-5-11-3-1-2-4-12(11)9-14/h1-10H,(H3,20,21,22,23). The second kappa shape index (κ2) is 5.52. The monoisotopic (exact) mass is 364 g/mol. The van der Waals surface area contributed by atoms with Crippen LogP contribution in [-0.4, -0.2) is 9.97 Å². The summed E-state index contributed by atoms with van der Waals surface area (Å²) in [5.74, 6) is 0.951. The molecule has 0 amide bonds. The number of nitrogen functional groups attached to an aromatic ring is 1. The van der Waals surface area contributed by atoms with Crippen molar-refractivity contribution in [2.75, 3.05) is 11.1 Å². The van der Waals surface area contributed by atoms with Gasteiger partial charge in [0, 0.05) is 15.5 Å². The number of aromatic nitrogens is 2. The van der Waals surface area contributed by atoms with Gasteiger partial charge in [0.15, 0.2) is 0 Å². The lowest BCUT2D eigenvalue weighted by Crippen LogP contribution is -2.01. The first-order chi connectivity index (χ1) is 11.2. The Balaban J connectivity index is 1.75. The smallest absolute Gasteiger partial charge is 0.229 e. The van der Waals surface area contributed by atoms with Crippen LogP contribution in [0.2, 0.25) is 0 Å². The van der Waals surface area contributed by atoms with Gasteiger partial charge in [-0.2, -0.15) is 4.98 Å². The van der Waals surface area contributed by atoms with Crippen LogP contribution in [-0.2, 0) is 0 Å². The van der Waals surface area contributed by atoms with E-state index in [1.165, 1.54) is 5.39 Å². The van der Waals surface area contributed by atoms with Crippen LogP contribution in [0.5, 0.6) is 0 Å². The Hall–Kier alpha value is -2.66. The molecule has 0 fully saturated rings. The average molecular weight is 365 g/mol. The molecule has 0 saturated carbocycles. The molecule has 1 aromatic heterocycles. The molecule has 0 bridgehead atoms. The van der Waals surface area contributed by atoms with Crippen molar-refractivity contribution in [2.24, 2.45) is 0 Å². The molecule has 0 atom stereocenters. The van der Waals surface area contributed by atoms with Gasteiger partial charge in [-0.15, -0.1) is 0 Å². The number of halogens is 1. The molecule has 0 aliphatic carbocycles. The first-order valence-electron chi connectivity index (χ1n) is 7.18. The van der Waals surface area contributed by atoms with Crippen molar-refractivity contribution in [3.8, 4) is 0 Å². The molecule has 3 aromatic carbocycles. The summed E-state index contributed by atoms with van der Waals surface area (Å²) in [5, 5.41) is 6.42. The molecule has 23 heavy (non-hydrogen) atoms. The maximum atomic E-state index is 6.06. The van der Waals surface area contributed by atoms with Crippen LogP contribution in [0.1, 0.15) is 0 Å². The molecule has 5 heteroatoms. The topological polar surface area (TPSA) is 63.8 Å². The van der Waals surface area contributed by atoms with Gasteiger partial charge in [-0.05, 0) is 41.1 Å². The SMILES string of the molecule is Nc1nc(Nc2ccc3ccccc3c2)nc2ccc(Br)cc12. The van der Waals surface area contributed by atoms with Gasteiger partial charge in [0.1, 0.15) is 5.82 Å². The van der Waals surface area contributed by atoms with Crippen LogP contribution in [0.15, 0.2) is 65.1 Å². The highest BCUT2D eigenvalue weighted by Crippen LogP contribution is 2.26. The fourth-order valence-electron chi connectivity index (χ4n) is 2.58. The molecule has 0 aliphatic heterocycles. The summed E-state index contributed by atoms with van der Waals surface area (Å²) in [4.78, 5) is 8.88. The van der Waals surface area contributed by atoms with Crippen LogP contribution < -0.4 is 11.1 Å². The highest BCUT2D eigenvalue weighted by molar-refractivity contribution is 9.10. The molecule has 3 N–H and O–H groups in total. The number of hydrogen-bond donors (Lipinski definition) is 2. The third kappa shape index (κ3) is 2.71. The van der Waals surface area contributed by atoms with Crippen LogP contribution in [0.4, 0.5) is 17.5 Å². The van der Waals surface area contributed by atoms with Crippen molar-refractivity contribution in [1.82, 2.24) is 9.97 Å². The molecular weight excluding hydrogens is 352 g/mol. The van der Waals surface area contributed by atoms with Gasteiger partial charge < -0.3 is 11.1 Å². The van der Waals surface area contributed by atoms with E-state index >= 15 is 0 Å². The quantitative estimate of drug-likeness (QED) is 0.532. The van der Waals surface area contributed by atoms with E-state index < -0.39 is 0 Å². The summed E-state index contributed by atoms with van der Waals surface area (Å²) in [6.45, 7) is 0. The Morgan fingerprint density at radius 3 is 2.57 bits per heavy atom. The summed E-state index contributed by atoms with van der Waals surface area (Å²) in [6, 6.07) is 20.1. The minimum Gasteiger partial charge on any atom is -0.383 e. The molecule has 0 spiro atoms. The highest BCUT2D eigenvalue weighted by atomic mass is 79.9. The van der Waals surface area contributed by atoms with Crippen molar-refractivity contribution in [3.05, 3.63) is 65.1 Å². The van der Waals surface area contributed by atoms with E-state index in [-0.39, 0.29) is 0 Å². The minimum absolute atomic E-state index is 0.458. The minimum atomic E-state index is 0.458. The first kappa shape index (κ1) is 14.0. The van der Waals surface area contributed by atoms with E-state index in [0.29, 0.717) is 11.8 Å². The second-order valence-electron chi connectivity index (χ2n) is 5.28. The molecule has 1 heterocycles. The summed E-state index contributed by atoms with van der Waals surface area (Å²) in [5.41, 5.74) is 7.80. The molecule has 0 radical (unpaired) electrons. The Morgan fingerprint density at radius 1 is 0.870 bits per heavy atom. The largest absolute Gasteiger partial charge is 0.383 e. The van der Waals surface area contributed by atoms with Crippen LogP contribution >= 0.6 is 15.9 Å². The zero-order valence-electron chi connectivity index (χ0n) is 12.1. The Bertz CT molecular complexity index is 1030. The average Bonchev–Trinajstić information content (AvgIpc) is 2.55. The number of anilines is 3. The second-order valence-corrected chi connectivity index (χ2v) is 6.20. The van der Waals surface area contributed by atoms with E-state index in [0.717, 1.165) is 26.4 Å². The van der Waals surface area contributed by atoms with E-state index in [2.05, 4.69) is 55.5 Å². The first-order valence-corrected chi connectivity index (χ1v) is 7.97. The van der Waals surface area contributed by atoms with Crippen molar-refractivity contribution < 1.29 is 0 Å². The van der Waals surface area contributed by atoms with Gasteiger partial charge >= 0.3 is 0 Å². The zero-order chi connectivity index (χ0) is 15.8. The van der Waals surface area contributed by atoms with Gasteiger partial charge in [0.05, 0.1) is 5.52 Å². The van der Waals surface area contributed by atoms with E-state index in [1.807, 2.05) is 36.4 Å². The molecule has 4 aromatic rings. The number of nitrogens with zero attached hydrogens (tertiary/aromatic N) is 2. The number of nitrogens with one attached hydrogen (secondary N) is 1. The zero-order valence-corrected chi connectivity index (χ0v) is 13.7. The molecule has 0 aliphatic rings. The number of hydrogen-bond acceptors (Lipinski definition) is 4. The molecular formula is C18H13BrN4. The van der Waals surface area contributed by atoms with Crippen LogP contribution in [0.3, 0.4) is 0 Å². The molecule has 4 nitrogen and oxygen atoms in total. The number of fused-ring (bicyclic) bond motifs is 2. The molecule has 0 unspecified atom stereocenters. The summed E-state index contributed by atoms with van der Waals surface area (Å²) < 4.78 is 0.954. The third-order valence-electron chi connectivity index (χ3n) is 3.69. The number of nitrogens with two attached hydrogens (primary N) is 1. The lowest BCUT2D eigenvalue weighted by atomic mass is 10.1. The van der Waals surface area contributed by atoms with Crippen molar-refractivity contribution in [3.63, 3.8) is 0 Å². The molecule has 0 saturated heterocycles. The van der Waals surface area contributed by atoms with Gasteiger partial charge in [0.2, 0.25) is 5.95 Å². The lowest BCUT2D eigenvalue weighted by molar-refractivity contribution is 1.22. The Labute approximate surface area is 141 Å². The molecule has 4 rings (SSSR count). The van der Waals surface area contributed by atoms with E-state index in [4.69, 9.17) is 5.73 Å². The summed E-state index contributed by atoms with van der Waals surface area (Å²) in [6.07, 6.45) is 0. The van der Waals surface area contributed by atoms with Crippen molar-refractivity contribution in [2.45, 2.75) is 0 Å². The van der Waals surface area contributed by atoms with Crippen molar-refractivity contribution in [1.29, 1.82) is 0 Å². The maximum absolute atomic E-state index is 6.06. The lowest BCUT2D eigenvalue weighted by Gasteiger charge is -2.09. The third-order valence-corrected chi connectivity index (χ3v) is 4.19. The Kier molecular flexibility index (Phi) is 3.35. The highest BCUT2D eigenvalue weighted by Gasteiger charge is 2.06. The fourth-order valence-corrected chi connectivity index (χ4v) is 2.94. The van der Waals surface area contributed by atoms with Gasteiger partial charge in [-0.1, -0.05) is 46.3 Å². The van der Waals surface area contributed by atoms with E-state index in [1.54, 1.807) is 0 Å². The fraction of sp³-hybridized carbons (Fsp3) is 0. The number of rotatable bonds is 2. The van der Waals surface area contributed by atoms with Gasteiger partial charge in [-0.25, -0.2) is 4.98 Å². The summed E-state index contributed by atoms with van der Waals surface area (Å²) >= 11 is 3.44.